The molecule has 0 fully saturated rings. The summed E-state index contributed by atoms with van der Waals surface area (Å²) in [7, 11) is 4.99. The van der Waals surface area contributed by atoms with Crippen LogP contribution in [0.5, 0.6) is 11.5 Å². The van der Waals surface area contributed by atoms with Gasteiger partial charge in [-0.15, -0.1) is 0 Å². The largest absolute Gasteiger partial charge is 0.493 e. The Balaban J connectivity index is 1.75. The van der Waals surface area contributed by atoms with Crippen molar-refractivity contribution in [3.05, 3.63) is 46.8 Å². The van der Waals surface area contributed by atoms with Gasteiger partial charge in [0.2, 0.25) is 0 Å². The second-order valence-corrected chi connectivity index (χ2v) is 6.44. The molecule has 0 saturated carbocycles. The molecule has 1 heterocycles. The predicted molar refractivity (Wildman–Crippen MR) is 109 cm³/mol. The average Bonchev–Trinajstić information content (AvgIpc) is 2.95. The van der Waals surface area contributed by atoms with Crippen molar-refractivity contribution in [1.82, 2.24) is 15.1 Å². The Morgan fingerprint density at radius 2 is 1.90 bits per heavy atom. The third-order valence-electron chi connectivity index (χ3n) is 4.48. The molecule has 0 aliphatic carbocycles. The van der Waals surface area contributed by atoms with Crippen molar-refractivity contribution in [1.29, 1.82) is 0 Å². The van der Waals surface area contributed by atoms with Gasteiger partial charge >= 0.3 is 5.97 Å². The molecule has 0 saturated heterocycles. The van der Waals surface area contributed by atoms with Gasteiger partial charge < -0.3 is 19.5 Å². The Kier molecular flexibility index (Phi) is 7.82. The van der Waals surface area contributed by atoms with E-state index in [1.807, 2.05) is 39.1 Å². The van der Waals surface area contributed by atoms with Gasteiger partial charge in [-0.1, -0.05) is 6.07 Å². The van der Waals surface area contributed by atoms with Crippen molar-refractivity contribution < 1.29 is 23.8 Å². The molecule has 0 aliphatic heterocycles. The van der Waals surface area contributed by atoms with E-state index in [1.54, 1.807) is 25.0 Å². The number of esters is 1. The molecule has 156 valence electrons. The fourth-order valence-corrected chi connectivity index (χ4v) is 2.80. The van der Waals surface area contributed by atoms with E-state index in [0.29, 0.717) is 24.5 Å². The number of rotatable bonds is 9. The molecule has 1 amide bonds. The summed E-state index contributed by atoms with van der Waals surface area (Å²) >= 11 is 0. The summed E-state index contributed by atoms with van der Waals surface area (Å²) in [5.74, 6) is 0.344. The van der Waals surface area contributed by atoms with Crippen LogP contribution in [0.15, 0.2) is 24.3 Å². The lowest BCUT2D eigenvalue weighted by Gasteiger charge is -2.10. The van der Waals surface area contributed by atoms with Gasteiger partial charge in [-0.2, -0.15) is 5.10 Å². The molecule has 0 unspecified atom stereocenters. The highest BCUT2D eigenvalue weighted by atomic mass is 16.5. The van der Waals surface area contributed by atoms with Crippen molar-refractivity contribution in [2.24, 2.45) is 7.05 Å². The summed E-state index contributed by atoms with van der Waals surface area (Å²) in [5, 5.41) is 7.00. The van der Waals surface area contributed by atoms with E-state index in [2.05, 4.69) is 10.4 Å². The SMILES string of the molecule is COc1ccc(CCNC(=O)COC(=O)/C=C/c2c(C)nn(C)c2C)cc1OC. The normalized spacial score (nSPS) is 10.8. The maximum Gasteiger partial charge on any atom is 0.331 e. The number of aromatic nitrogens is 2. The molecular weight excluding hydrogens is 374 g/mol. The number of carbonyl (C=O) groups is 2. The zero-order chi connectivity index (χ0) is 21.4. The zero-order valence-corrected chi connectivity index (χ0v) is 17.4. The topological polar surface area (TPSA) is 91.7 Å². The number of aryl methyl sites for hydroxylation is 2. The summed E-state index contributed by atoms with van der Waals surface area (Å²) in [6, 6.07) is 5.58. The average molecular weight is 401 g/mol. The first-order valence-electron chi connectivity index (χ1n) is 9.18. The monoisotopic (exact) mass is 401 g/mol. The molecule has 0 aliphatic rings. The first kappa shape index (κ1) is 22.0. The molecule has 0 spiro atoms. The summed E-state index contributed by atoms with van der Waals surface area (Å²) in [6.07, 6.45) is 3.56. The van der Waals surface area contributed by atoms with Gasteiger partial charge in [-0.3, -0.25) is 9.48 Å². The summed E-state index contributed by atoms with van der Waals surface area (Å²) in [4.78, 5) is 23.7. The molecule has 1 aromatic carbocycles. The smallest absolute Gasteiger partial charge is 0.331 e. The van der Waals surface area contributed by atoms with Gasteiger partial charge in [0.1, 0.15) is 0 Å². The van der Waals surface area contributed by atoms with Crippen molar-refractivity contribution in [3.8, 4) is 11.5 Å². The van der Waals surface area contributed by atoms with Gasteiger partial charge in [0.25, 0.3) is 5.91 Å². The third-order valence-corrected chi connectivity index (χ3v) is 4.48. The van der Waals surface area contributed by atoms with E-state index < -0.39 is 5.97 Å². The fourth-order valence-electron chi connectivity index (χ4n) is 2.80. The maximum absolute atomic E-state index is 11.9. The quantitative estimate of drug-likeness (QED) is 0.510. The number of nitrogens with zero attached hydrogens (tertiary/aromatic N) is 2. The van der Waals surface area contributed by atoms with Crippen molar-refractivity contribution in [2.45, 2.75) is 20.3 Å². The minimum Gasteiger partial charge on any atom is -0.493 e. The Morgan fingerprint density at radius 3 is 2.52 bits per heavy atom. The van der Waals surface area contributed by atoms with Gasteiger partial charge in [0, 0.05) is 30.9 Å². The Bertz CT molecular complexity index is 902. The van der Waals surface area contributed by atoms with Crippen molar-refractivity contribution in [2.75, 3.05) is 27.4 Å². The van der Waals surface area contributed by atoms with E-state index >= 15 is 0 Å². The number of hydrogen-bond donors (Lipinski definition) is 1. The van der Waals surface area contributed by atoms with Crippen LogP contribution in [-0.4, -0.2) is 49.0 Å². The van der Waals surface area contributed by atoms with Crippen LogP contribution in [0.2, 0.25) is 0 Å². The van der Waals surface area contributed by atoms with Crippen LogP contribution in [0, 0.1) is 13.8 Å². The van der Waals surface area contributed by atoms with Gasteiger partial charge in [0.05, 0.1) is 19.9 Å². The molecule has 0 radical (unpaired) electrons. The van der Waals surface area contributed by atoms with Crippen LogP contribution < -0.4 is 14.8 Å². The Morgan fingerprint density at radius 1 is 1.17 bits per heavy atom. The van der Waals surface area contributed by atoms with Gasteiger partial charge in [0.15, 0.2) is 18.1 Å². The lowest BCUT2D eigenvalue weighted by molar-refractivity contribution is -0.143. The van der Waals surface area contributed by atoms with Crippen molar-refractivity contribution in [3.63, 3.8) is 0 Å². The van der Waals surface area contributed by atoms with Crippen LogP contribution in [0.3, 0.4) is 0 Å². The molecule has 29 heavy (non-hydrogen) atoms. The lowest BCUT2D eigenvalue weighted by Crippen LogP contribution is -2.30. The van der Waals surface area contributed by atoms with E-state index in [9.17, 15) is 9.59 Å². The van der Waals surface area contributed by atoms with Gasteiger partial charge in [-0.05, 0) is 44.0 Å². The Hall–Kier alpha value is -3.29. The predicted octanol–water partition coefficient (Wildman–Crippen LogP) is 1.97. The highest BCUT2D eigenvalue weighted by Crippen LogP contribution is 2.27. The minimum atomic E-state index is -0.581. The molecule has 1 N–H and O–H groups in total. The van der Waals surface area contributed by atoms with Crippen LogP contribution in [0.1, 0.15) is 22.5 Å². The molecular formula is C21H27N3O5. The molecule has 8 heteroatoms. The van der Waals surface area contributed by atoms with Crippen molar-refractivity contribution >= 4 is 18.0 Å². The maximum atomic E-state index is 11.9. The van der Waals surface area contributed by atoms with Crippen LogP contribution in [0.4, 0.5) is 0 Å². The first-order chi connectivity index (χ1) is 13.8. The van der Waals surface area contributed by atoms with E-state index in [-0.39, 0.29) is 12.5 Å². The van der Waals surface area contributed by atoms with E-state index in [4.69, 9.17) is 14.2 Å². The fraction of sp³-hybridized carbons (Fsp3) is 0.381. The Labute approximate surface area is 170 Å². The number of ether oxygens (including phenoxy) is 3. The standard InChI is InChI=1S/C21H27N3O5/c1-14-17(15(2)24(3)23-14)7-9-21(26)29-13-20(25)22-11-10-16-6-8-18(27-4)19(12-16)28-5/h6-9,12H,10-11,13H2,1-5H3,(H,22,25)/b9-7+. The molecule has 0 atom stereocenters. The second kappa shape index (κ2) is 10.3. The lowest BCUT2D eigenvalue weighted by atomic mass is 10.1. The van der Waals surface area contributed by atoms with E-state index in [0.717, 1.165) is 22.5 Å². The zero-order valence-electron chi connectivity index (χ0n) is 17.4. The molecule has 2 rings (SSSR count). The summed E-state index contributed by atoms with van der Waals surface area (Å²) in [5.41, 5.74) is 3.62. The molecule has 0 bridgehead atoms. The number of carbonyl (C=O) groups excluding carboxylic acids is 2. The number of amides is 1. The number of hydrogen-bond acceptors (Lipinski definition) is 6. The number of methoxy groups -OCH3 is 2. The number of nitrogens with one attached hydrogen (secondary N) is 1. The van der Waals surface area contributed by atoms with Crippen LogP contribution >= 0.6 is 0 Å². The molecule has 8 nitrogen and oxygen atoms in total. The van der Waals surface area contributed by atoms with Gasteiger partial charge in [-0.25, -0.2) is 4.79 Å². The molecule has 2 aromatic rings. The first-order valence-corrected chi connectivity index (χ1v) is 9.18. The highest BCUT2D eigenvalue weighted by molar-refractivity contribution is 5.89. The summed E-state index contributed by atoms with van der Waals surface area (Å²) in [6.45, 7) is 3.86. The molecule has 1 aromatic heterocycles. The summed E-state index contributed by atoms with van der Waals surface area (Å²) < 4.78 is 17.2. The van der Waals surface area contributed by atoms with Crippen LogP contribution in [0.25, 0.3) is 6.08 Å². The minimum absolute atomic E-state index is 0.333. The third kappa shape index (κ3) is 6.10. The number of benzene rings is 1. The van der Waals surface area contributed by atoms with E-state index in [1.165, 1.54) is 6.08 Å². The highest BCUT2D eigenvalue weighted by Gasteiger charge is 2.09. The van der Waals surface area contributed by atoms with Crippen LogP contribution in [-0.2, 0) is 27.8 Å². The second-order valence-electron chi connectivity index (χ2n) is 6.44.